The lowest BCUT2D eigenvalue weighted by Gasteiger charge is -2.19. The van der Waals surface area contributed by atoms with Crippen molar-refractivity contribution < 1.29 is 27.5 Å². The summed E-state index contributed by atoms with van der Waals surface area (Å²) < 4.78 is 38.1. The van der Waals surface area contributed by atoms with Crippen molar-refractivity contribution in [3.8, 4) is 0 Å². The van der Waals surface area contributed by atoms with E-state index >= 15 is 0 Å². The third kappa shape index (κ3) is 5.80. The van der Waals surface area contributed by atoms with Crippen LogP contribution in [0.5, 0.6) is 0 Å². The summed E-state index contributed by atoms with van der Waals surface area (Å²) in [5.41, 5.74) is 6.22. The van der Waals surface area contributed by atoms with Crippen molar-refractivity contribution in [2.24, 2.45) is 5.73 Å². The molecule has 0 aliphatic rings. The molecule has 0 bridgehead atoms. The van der Waals surface area contributed by atoms with Gasteiger partial charge in [-0.15, -0.1) is 0 Å². The molecule has 1 aromatic carbocycles. The summed E-state index contributed by atoms with van der Waals surface area (Å²) in [6, 6.07) is 11.0. The number of rotatable bonds is 6. The number of ether oxygens (including phenoxy) is 2. The molecule has 2 aromatic heterocycles. The van der Waals surface area contributed by atoms with Gasteiger partial charge in [-0.1, -0.05) is 17.7 Å². The zero-order valence-corrected chi connectivity index (χ0v) is 19.6. The van der Waals surface area contributed by atoms with Crippen molar-refractivity contribution in [3.05, 3.63) is 53.7 Å². The molecular weight excluding hydrogens is 448 g/mol. The predicted molar refractivity (Wildman–Crippen MR) is 123 cm³/mol. The third-order valence-corrected chi connectivity index (χ3v) is 6.26. The molecule has 3 N–H and O–H groups in total. The van der Waals surface area contributed by atoms with Crippen LogP contribution in [-0.2, 0) is 25.9 Å². The molecule has 10 nitrogen and oxygen atoms in total. The number of nitrogens with one attached hydrogen (secondary N) is 1. The van der Waals surface area contributed by atoms with E-state index in [1.807, 2.05) is 6.92 Å². The van der Waals surface area contributed by atoms with E-state index in [9.17, 15) is 18.0 Å². The Morgan fingerprint density at radius 2 is 1.79 bits per heavy atom. The minimum absolute atomic E-state index is 0.0826. The summed E-state index contributed by atoms with van der Waals surface area (Å²) in [6.07, 6.45) is -1.56. The van der Waals surface area contributed by atoms with E-state index in [2.05, 4.69) is 10.3 Å². The number of carbonyl (C=O) groups excluding carboxylic acids is 2. The SMILES string of the molecule is Cc1ccc(S(=O)(=O)n2c(CCOC(N)=O)cc3nc(NC(=O)OC(C)(C)C)ccc32)cc1. The van der Waals surface area contributed by atoms with Gasteiger partial charge in [0, 0.05) is 12.1 Å². The maximum Gasteiger partial charge on any atom is 0.413 e. The maximum absolute atomic E-state index is 13.5. The van der Waals surface area contributed by atoms with Gasteiger partial charge in [0.25, 0.3) is 10.0 Å². The highest BCUT2D eigenvalue weighted by molar-refractivity contribution is 7.90. The normalized spacial score (nSPS) is 11.9. The Labute approximate surface area is 191 Å². The second-order valence-corrected chi connectivity index (χ2v) is 10.2. The van der Waals surface area contributed by atoms with Crippen LogP contribution >= 0.6 is 0 Å². The highest BCUT2D eigenvalue weighted by atomic mass is 32.2. The molecule has 0 saturated carbocycles. The highest BCUT2D eigenvalue weighted by Crippen LogP contribution is 2.27. The number of benzene rings is 1. The minimum atomic E-state index is -3.99. The van der Waals surface area contributed by atoms with Gasteiger partial charge in [0.15, 0.2) is 0 Å². The minimum Gasteiger partial charge on any atom is -0.449 e. The summed E-state index contributed by atoms with van der Waals surface area (Å²) in [6.45, 7) is 6.95. The molecule has 0 unspecified atom stereocenters. The zero-order chi connectivity index (χ0) is 24.4. The fraction of sp³-hybridized carbons (Fsp3) is 0.318. The summed E-state index contributed by atoms with van der Waals surface area (Å²) in [7, 11) is -3.99. The number of pyridine rings is 1. The fourth-order valence-corrected chi connectivity index (χ4v) is 4.68. The Morgan fingerprint density at radius 3 is 2.39 bits per heavy atom. The van der Waals surface area contributed by atoms with Crippen molar-refractivity contribution in [1.82, 2.24) is 8.96 Å². The number of aryl methyl sites for hydroxylation is 1. The molecule has 0 fully saturated rings. The summed E-state index contributed by atoms with van der Waals surface area (Å²) in [4.78, 5) is 27.5. The smallest absolute Gasteiger partial charge is 0.413 e. The molecule has 0 aliphatic heterocycles. The Morgan fingerprint density at radius 1 is 1.12 bits per heavy atom. The van der Waals surface area contributed by atoms with Crippen molar-refractivity contribution in [2.45, 2.75) is 44.6 Å². The molecule has 0 spiro atoms. The molecular formula is C22H26N4O6S. The first-order valence-corrected chi connectivity index (χ1v) is 11.6. The molecule has 2 heterocycles. The lowest BCUT2D eigenvalue weighted by Crippen LogP contribution is -2.27. The lowest BCUT2D eigenvalue weighted by atomic mass is 10.2. The van der Waals surface area contributed by atoms with Crippen LogP contribution in [0, 0.1) is 6.92 Å². The van der Waals surface area contributed by atoms with Crippen LogP contribution in [0.25, 0.3) is 11.0 Å². The largest absolute Gasteiger partial charge is 0.449 e. The number of nitrogens with zero attached hydrogens (tertiary/aromatic N) is 2. The summed E-state index contributed by atoms with van der Waals surface area (Å²) in [5, 5.41) is 2.54. The van der Waals surface area contributed by atoms with E-state index in [0.717, 1.165) is 9.54 Å². The van der Waals surface area contributed by atoms with E-state index in [0.29, 0.717) is 16.7 Å². The average molecular weight is 475 g/mol. The van der Waals surface area contributed by atoms with E-state index in [-0.39, 0.29) is 23.7 Å². The standard InChI is InChI=1S/C22H26N4O6S/c1-14-5-7-16(8-6-14)33(29,30)26-15(11-12-31-20(23)27)13-17-18(26)9-10-19(24-17)25-21(28)32-22(2,3)4/h5-10,13H,11-12H2,1-4H3,(H2,23,27)(H,24,25,28). The molecule has 0 radical (unpaired) electrons. The summed E-state index contributed by atoms with van der Waals surface area (Å²) in [5.74, 6) is 0.196. The van der Waals surface area contributed by atoms with E-state index in [1.54, 1.807) is 45.0 Å². The molecule has 33 heavy (non-hydrogen) atoms. The average Bonchev–Trinajstić information content (AvgIpc) is 3.04. The number of aromatic nitrogens is 2. The van der Waals surface area contributed by atoms with Crippen LogP contribution in [0.2, 0.25) is 0 Å². The van der Waals surface area contributed by atoms with Gasteiger partial charge < -0.3 is 15.2 Å². The van der Waals surface area contributed by atoms with E-state index in [1.165, 1.54) is 18.2 Å². The van der Waals surface area contributed by atoms with Gasteiger partial charge in [-0.3, -0.25) is 5.32 Å². The summed E-state index contributed by atoms with van der Waals surface area (Å²) >= 11 is 0. The number of carbonyl (C=O) groups is 2. The Bertz CT molecular complexity index is 1290. The van der Waals surface area contributed by atoms with Gasteiger partial charge in [-0.2, -0.15) is 0 Å². The Balaban J connectivity index is 2.04. The molecule has 0 atom stereocenters. The molecule has 0 saturated heterocycles. The van der Waals surface area contributed by atoms with Crippen LogP contribution in [0.1, 0.15) is 32.0 Å². The van der Waals surface area contributed by atoms with Gasteiger partial charge in [0.1, 0.15) is 11.4 Å². The number of nitrogens with two attached hydrogens (primary N) is 1. The fourth-order valence-electron chi connectivity index (χ4n) is 3.12. The van der Waals surface area contributed by atoms with Crippen LogP contribution in [-0.4, -0.2) is 41.8 Å². The molecule has 0 aliphatic carbocycles. The second-order valence-electron chi connectivity index (χ2n) is 8.36. The van der Waals surface area contributed by atoms with Gasteiger partial charge in [-0.25, -0.2) is 27.0 Å². The number of hydrogen-bond acceptors (Lipinski definition) is 7. The van der Waals surface area contributed by atoms with Gasteiger partial charge in [0.05, 0.1) is 22.5 Å². The highest BCUT2D eigenvalue weighted by Gasteiger charge is 2.24. The van der Waals surface area contributed by atoms with Crippen LogP contribution in [0.4, 0.5) is 15.4 Å². The van der Waals surface area contributed by atoms with Gasteiger partial charge in [-0.05, 0) is 58.0 Å². The third-order valence-electron chi connectivity index (χ3n) is 4.48. The molecule has 2 amide bonds. The molecule has 3 aromatic rings. The van der Waals surface area contributed by atoms with Crippen molar-refractivity contribution in [1.29, 1.82) is 0 Å². The van der Waals surface area contributed by atoms with Crippen LogP contribution in [0.15, 0.2) is 47.4 Å². The van der Waals surface area contributed by atoms with Gasteiger partial charge in [0.2, 0.25) is 0 Å². The van der Waals surface area contributed by atoms with Crippen LogP contribution < -0.4 is 11.1 Å². The van der Waals surface area contributed by atoms with Crippen molar-refractivity contribution in [2.75, 3.05) is 11.9 Å². The van der Waals surface area contributed by atoms with E-state index in [4.69, 9.17) is 15.2 Å². The Kier molecular flexibility index (Phi) is 6.63. The monoisotopic (exact) mass is 474 g/mol. The first kappa shape index (κ1) is 24.1. The predicted octanol–water partition coefficient (Wildman–Crippen LogP) is 3.57. The van der Waals surface area contributed by atoms with Gasteiger partial charge >= 0.3 is 12.2 Å². The van der Waals surface area contributed by atoms with Crippen LogP contribution in [0.3, 0.4) is 0 Å². The van der Waals surface area contributed by atoms with Crippen molar-refractivity contribution >= 4 is 39.1 Å². The molecule has 11 heteroatoms. The molecule has 176 valence electrons. The van der Waals surface area contributed by atoms with Crippen molar-refractivity contribution in [3.63, 3.8) is 0 Å². The quantitative estimate of drug-likeness (QED) is 0.556. The second kappa shape index (κ2) is 9.10. The topological polar surface area (TPSA) is 143 Å². The first-order chi connectivity index (χ1) is 15.4. The first-order valence-electron chi connectivity index (χ1n) is 10.1. The zero-order valence-electron chi connectivity index (χ0n) is 18.8. The van der Waals surface area contributed by atoms with E-state index < -0.39 is 27.8 Å². The Hall–Kier alpha value is -3.60. The number of anilines is 1. The number of amides is 2. The molecule has 3 rings (SSSR count). The number of hydrogen-bond donors (Lipinski definition) is 2. The lowest BCUT2D eigenvalue weighted by molar-refractivity contribution is 0.0635. The number of primary amides is 1. The maximum atomic E-state index is 13.5. The number of fused-ring (bicyclic) bond motifs is 1.